The molecule has 1 aromatic heterocycles. The zero-order valence-electron chi connectivity index (χ0n) is 11.6. The summed E-state index contributed by atoms with van der Waals surface area (Å²) in [7, 11) is -2.00. The maximum Gasteiger partial charge on any atom is 0.241 e. The zero-order chi connectivity index (χ0) is 15.5. The van der Waals surface area contributed by atoms with Gasteiger partial charge in [0, 0.05) is 43.3 Å². The summed E-state index contributed by atoms with van der Waals surface area (Å²) >= 11 is 0. The summed E-state index contributed by atoms with van der Waals surface area (Å²) in [6, 6.07) is 6.72. The Morgan fingerprint density at radius 2 is 2.19 bits per heavy atom. The molecule has 0 unspecified atom stereocenters. The van der Waals surface area contributed by atoms with Crippen LogP contribution in [0, 0.1) is 5.41 Å². The van der Waals surface area contributed by atoms with Gasteiger partial charge < -0.3 is 10.6 Å². The van der Waals surface area contributed by atoms with Crippen molar-refractivity contribution in [2.24, 2.45) is 5.73 Å². The van der Waals surface area contributed by atoms with Crippen LogP contribution in [0.25, 0.3) is 10.8 Å². The Hall–Kier alpha value is -2.19. The number of nitrogens with one attached hydrogen (secondary N) is 2. The van der Waals surface area contributed by atoms with E-state index < -0.39 is 10.0 Å². The van der Waals surface area contributed by atoms with Crippen LogP contribution in [-0.2, 0) is 10.0 Å². The van der Waals surface area contributed by atoms with Crippen molar-refractivity contribution in [3.63, 3.8) is 0 Å². The molecule has 1 aromatic carbocycles. The number of nitrogens with two attached hydrogens (primary N) is 1. The fourth-order valence-electron chi connectivity index (χ4n) is 1.87. The first-order valence-corrected chi connectivity index (χ1v) is 7.78. The van der Waals surface area contributed by atoms with Gasteiger partial charge in [0.2, 0.25) is 10.0 Å². The molecule has 0 saturated heterocycles. The van der Waals surface area contributed by atoms with Crippen molar-refractivity contribution in [3.8, 4) is 0 Å². The average Bonchev–Trinajstić information content (AvgIpc) is 2.46. The van der Waals surface area contributed by atoms with E-state index in [1.54, 1.807) is 37.6 Å². The number of fused-ring (bicyclic) bond motifs is 1. The van der Waals surface area contributed by atoms with Crippen molar-refractivity contribution in [1.29, 1.82) is 5.41 Å². The Balaban J connectivity index is 2.20. The van der Waals surface area contributed by atoms with Gasteiger partial charge in [-0.25, -0.2) is 13.1 Å². The first-order chi connectivity index (χ1) is 9.92. The van der Waals surface area contributed by atoms with Crippen LogP contribution in [0.4, 0.5) is 0 Å². The Morgan fingerprint density at radius 1 is 1.43 bits per heavy atom. The molecule has 0 amide bonds. The smallest absolute Gasteiger partial charge is 0.241 e. The summed E-state index contributed by atoms with van der Waals surface area (Å²) in [5.41, 5.74) is 5.30. The highest BCUT2D eigenvalue weighted by atomic mass is 32.2. The molecule has 0 aliphatic rings. The van der Waals surface area contributed by atoms with Gasteiger partial charge >= 0.3 is 0 Å². The number of nitrogens with zero attached hydrogens (tertiary/aromatic N) is 2. The fraction of sp³-hybridized carbons (Fsp3) is 0.231. The molecule has 4 N–H and O–H groups in total. The van der Waals surface area contributed by atoms with Crippen molar-refractivity contribution in [3.05, 3.63) is 36.7 Å². The van der Waals surface area contributed by atoms with Crippen molar-refractivity contribution < 1.29 is 8.42 Å². The molecule has 7 nitrogen and oxygen atoms in total. The molecular weight excluding hydrogens is 290 g/mol. The van der Waals surface area contributed by atoms with E-state index in [1.807, 2.05) is 6.07 Å². The normalized spacial score (nSPS) is 11.5. The molecule has 0 spiro atoms. The summed E-state index contributed by atoms with van der Waals surface area (Å²) in [5.74, 6) is -0.106. The van der Waals surface area contributed by atoms with E-state index in [9.17, 15) is 8.42 Å². The predicted molar refractivity (Wildman–Crippen MR) is 81.5 cm³/mol. The standard InChI is InChI=1S/C13H17N5O2S/c1-18(13(14)15)8-7-17-21(19,20)12-4-2-3-10-9-16-6-5-11(10)12/h2-6,9,17H,7-8H2,1H3,(H3,14,15). The topological polar surface area (TPSA) is 112 Å². The molecule has 0 fully saturated rings. The Kier molecular flexibility index (Phi) is 4.39. The Labute approximate surface area is 123 Å². The molecule has 1 heterocycles. The van der Waals surface area contributed by atoms with Crippen LogP contribution in [-0.4, -0.2) is 44.4 Å². The maximum atomic E-state index is 12.4. The lowest BCUT2D eigenvalue weighted by Gasteiger charge is -2.17. The van der Waals surface area contributed by atoms with Gasteiger partial charge in [0.1, 0.15) is 0 Å². The number of rotatable bonds is 5. The molecule has 21 heavy (non-hydrogen) atoms. The molecule has 0 bridgehead atoms. The maximum absolute atomic E-state index is 12.4. The van der Waals surface area contributed by atoms with Crippen LogP contribution < -0.4 is 10.5 Å². The number of aromatic nitrogens is 1. The molecule has 0 radical (unpaired) electrons. The summed E-state index contributed by atoms with van der Waals surface area (Å²) in [4.78, 5) is 5.65. The highest BCUT2D eigenvalue weighted by Gasteiger charge is 2.16. The van der Waals surface area contributed by atoms with E-state index in [0.29, 0.717) is 11.9 Å². The van der Waals surface area contributed by atoms with Crippen LogP contribution in [0.3, 0.4) is 0 Å². The van der Waals surface area contributed by atoms with Crippen molar-refractivity contribution in [1.82, 2.24) is 14.6 Å². The van der Waals surface area contributed by atoms with E-state index in [4.69, 9.17) is 11.1 Å². The van der Waals surface area contributed by atoms with Gasteiger partial charge in [-0.2, -0.15) is 0 Å². The van der Waals surface area contributed by atoms with Crippen molar-refractivity contribution in [2.75, 3.05) is 20.1 Å². The summed E-state index contributed by atoms with van der Waals surface area (Å²) in [5, 5.41) is 8.62. The predicted octanol–water partition coefficient (Wildman–Crippen LogP) is 0.338. The van der Waals surface area contributed by atoms with Gasteiger partial charge in [0.25, 0.3) is 0 Å². The lowest BCUT2D eigenvalue weighted by atomic mass is 10.2. The quantitative estimate of drug-likeness (QED) is 0.544. The van der Waals surface area contributed by atoms with Crippen LogP contribution >= 0.6 is 0 Å². The van der Waals surface area contributed by atoms with Crippen LogP contribution in [0.2, 0.25) is 0 Å². The van der Waals surface area contributed by atoms with E-state index in [0.717, 1.165) is 5.39 Å². The minimum absolute atomic E-state index is 0.106. The lowest BCUT2D eigenvalue weighted by molar-refractivity contribution is 0.491. The number of likely N-dealkylation sites (N-methyl/N-ethyl adjacent to an activating group) is 1. The number of hydrogen-bond acceptors (Lipinski definition) is 4. The molecular formula is C13H17N5O2S. The fourth-order valence-corrected chi connectivity index (χ4v) is 3.12. The second-order valence-electron chi connectivity index (χ2n) is 4.56. The number of benzene rings is 1. The second kappa shape index (κ2) is 6.06. The van der Waals surface area contributed by atoms with Crippen LogP contribution in [0.1, 0.15) is 0 Å². The van der Waals surface area contributed by atoms with E-state index in [-0.39, 0.29) is 17.4 Å². The summed E-state index contributed by atoms with van der Waals surface area (Å²) < 4.78 is 27.2. The largest absolute Gasteiger partial charge is 0.370 e. The zero-order valence-corrected chi connectivity index (χ0v) is 12.4. The number of guanidine groups is 1. The highest BCUT2D eigenvalue weighted by Crippen LogP contribution is 2.21. The highest BCUT2D eigenvalue weighted by molar-refractivity contribution is 7.89. The number of hydrogen-bond donors (Lipinski definition) is 3. The summed E-state index contributed by atoms with van der Waals surface area (Å²) in [6.45, 7) is 0.487. The molecule has 8 heteroatoms. The first-order valence-electron chi connectivity index (χ1n) is 6.29. The van der Waals surface area contributed by atoms with Gasteiger partial charge in [-0.1, -0.05) is 12.1 Å². The number of pyridine rings is 1. The minimum atomic E-state index is -3.62. The van der Waals surface area contributed by atoms with Crippen molar-refractivity contribution >= 4 is 26.8 Å². The van der Waals surface area contributed by atoms with Crippen LogP contribution in [0.15, 0.2) is 41.6 Å². The molecule has 0 saturated carbocycles. The van der Waals surface area contributed by atoms with E-state index >= 15 is 0 Å². The first kappa shape index (κ1) is 15.2. The Bertz CT molecular complexity index is 755. The Morgan fingerprint density at radius 3 is 2.90 bits per heavy atom. The van der Waals surface area contributed by atoms with E-state index in [2.05, 4.69) is 9.71 Å². The third-order valence-electron chi connectivity index (χ3n) is 3.08. The van der Waals surface area contributed by atoms with Crippen LogP contribution in [0.5, 0.6) is 0 Å². The third kappa shape index (κ3) is 3.47. The van der Waals surface area contributed by atoms with Gasteiger partial charge in [0.05, 0.1) is 4.90 Å². The van der Waals surface area contributed by atoms with Gasteiger partial charge in [-0.05, 0) is 12.1 Å². The summed E-state index contributed by atoms with van der Waals surface area (Å²) in [6.07, 6.45) is 3.18. The molecule has 0 aliphatic carbocycles. The van der Waals surface area contributed by atoms with E-state index in [1.165, 1.54) is 4.90 Å². The number of sulfonamides is 1. The van der Waals surface area contributed by atoms with Gasteiger partial charge in [-0.15, -0.1) is 0 Å². The molecule has 0 aliphatic heterocycles. The van der Waals surface area contributed by atoms with Gasteiger partial charge in [0.15, 0.2) is 5.96 Å². The third-order valence-corrected chi connectivity index (χ3v) is 4.60. The minimum Gasteiger partial charge on any atom is -0.370 e. The van der Waals surface area contributed by atoms with Crippen molar-refractivity contribution in [2.45, 2.75) is 4.90 Å². The molecule has 2 rings (SSSR count). The van der Waals surface area contributed by atoms with Gasteiger partial charge in [-0.3, -0.25) is 10.4 Å². The lowest BCUT2D eigenvalue weighted by Crippen LogP contribution is -2.39. The average molecular weight is 307 g/mol. The monoisotopic (exact) mass is 307 g/mol. The SMILES string of the molecule is CN(CCNS(=O)(=O)c1cccc2cnccc12)C(=N)N. The second-order valence-corrected chi connectivity index (χ2v) is 6.29. The molecule has 0 atom stereocenters. The molecule has 112 valence electrons. The molecule has 2 aromatic rings.